The predicted molar refractivity (Wildman–Crippen MR) is 65.2 cm³/mol. The molecule has 17 heavy (non-hydrogen) atoms. The van der Waals surface area contributed by atoms with Gasteiger partial charge in [0, 0.05) is 30.7 Å². The molecule has 1 amide bonds. The smallest absolute Gasteiger partial charge is 0.219 e. The summed E-state index contributed by atoms with van der Waals surface area (Å²) in [5, 5.41) is 3.35. The molecule has 2 rings (SSSR count). The minimum Gasteiger partial charge on any atom is -0.370 e. The van der Waals surface area contributed by atoms with Crippen molar-refractivity contribution in [3.8, 4) is 0 Å². The lowest BCUT2D eigenvalue weighted by Crippen LogP contribution is -2.42. The Balaban J connectivity index is 1.92. The number of aromatic nitrogens is 2. The molecule has 1 saturated carbocycles. The van der Waals surface area contributed by atoms with E-state index >= 15 is 0 Å². The van der Waals surface area contributed by atoms with Crippen LogP contribution in [-0.4, -0.2) is 21.0 Å². The minimum absolute atomic E-state index is 0.273. The third-order valence-electron chi connectivity index (χ3n) is 3.05. The van der Waals surface area contributed by atoms with E-state index in [0.29, 0.717) is 12.5 Å². The average molecular weight is 236 g/mol. The van der Waals surface area contributed by atoms with E-state index in [-0.39, 0.29) is 11.4 Å². The molecule has 0 unspecified atom stereocenters. The van der Waals surface area contributed by atoms with Gasteiger partial charge in [-0.1, -0.05) is 0 Å². The number of amides is 1. The second kappa shape index (κ2) is 4.49. The Morgan fingerprint density at radius 1 is 1.65 bits per heavy atom. The second-order valence-electron chi connectivity index (χ2n) is 5.40. The molecule has 1 heterocycles. The third kappa shape index (κ3) is 3.30. The maximum Gasteiger partial charge on any atom is 0.219 e. The molecular formula is C12H20N4O. The zero-order valence-corrected chi connectivity index (χ0v) is 10.4. The van der Waals surface area contributed by atoms with Gasteiger partial charge in [-0.25, -0.2) is 4.98 Å². The van der Waals surface area contributed by atoms with Crippen LogP contribution in [0.5, 0.6) is 0 Å². The van der Waals surface area contributed by atoms with E-state index in [4.69, 9.17) is 5.73 Å². The maximum atomic E-state index is 10.9. The zero-order chi connectivity index (χ0) is 12.5. The van der Waals surface area contributed by atoms with Gasteiger partial charge in [-0.15, -0.1) is 0 Å². The van der Waals surface area contributed by atoms with Gasteiger partial charge < -0.3 is 15.6 Å². The first kappa shape index (κ1) is 12.1. The molecule has 5 heteroatoms. The fourth-order valence-corrected chi connectivity index (χ4v) is 1.98. The van der Waals surface area contributed by atoms with Crippen molar-refractivity contribution < 1.29 is 4.79 Å². The van der Waals surface area contributed by atoms with Crippen molar-refractivity contribution in [1.82, 2.24) is 14.9 Å². The molecule has 0 bridgehead atoms. The highest BCUT2D eigenvalue weighted by molar-refractivity contribution is 5.74. The predicted octanol–water partition coefficient (Wildman–Crippen LogP) is 0.962. The molecule has 1 aromatic heterocycles. The molecule has 0 spiro atoms. The molecule has 0 aromatic carbocycles. The van der Waals surface area contributed by atoms with Gasteiger partial charge >= 0.3 is 0 Å². The first-order chi connectivity index (χ1) is 7.98. The van der Waals surface area contributed by atoms with Gasteiger partial charge in [0.2, 0.25) is 5.91 Å². The number of rotatable bonds is 6. The SMILES string of the molecule is CC(C)(CC(N)=O)NCc1cncn1C1CC1. The molecule has 0 atom stereocenters. The molecular weight excluding hydrogens is 216 g/mol. The highest BCUT2D eigenvalue weighted by Gasteiger charge is 2.26. The highest BCUT2D eigenvalue weighted by atomic mass is 16.1. The average Bonchev–Trinajstić information content (AvgIpc) is 2.93. The van der Waals surface area contributed by atoms with Crippen molar-refractivity contribution in [2.45, 2.75) is 51.2 Å². The topological polar surface area (TPSA) is 72.9 Å². The summed E-state index contributed by atoms with van der Waals surface area (Å²) in [6.07, 6.45) is 6.59. The summed E-state index contributed by atoms with van der Waals surface area (Å²) in [5.74, 6) is -0.279. The van der Waals surface area contributed by atoms with Gasteiger partial charge in [0.05, 0.1) is 12.0 Å². The summed E-state index contributed by atoms with van der Waals surface area (Å²) >= 11 is 0. The maximum absolute atomic E-state index is 10.9. The highest BCUT2D eigenvalue weighted by Crippen LogP contribution is 2.35. The molecule has 0 saturated heterocycles. The van der Waals surface area contributed by atoms with E-state index in [1.165, 1.54) is 18.5 Å². The zero-order valence-electron chi connectivity index (χ0n) is 10.4. The van der Waals surface area contributed by atoms with Gasteiger partial charge in [0.1, 0.15) is 0 Å². The molecule has 0 aliphatic heterocycles. The number of nitrogens with zero attached hydrogens (tertiary/aromatic N) is 2. The van der Waals surface area contributed by atoms with Crippen LogP contribution in [0.3, 0.4) is 0 Å². The van der Waals surface area contributed by atoms with Crippen molar-refractivity contribution >= 4 is 5.91 Å². The summed E-state index contributed by atoms with van der Waals surface area (Å²) in [6, 6.07) is 0.633. The van der Waals surface area contributed by atoms with Crippen LogP contribution in [0.4, 0.5) is 0 Å². The van der Waals surface area contributed by atoms with Crippen molar-refractivity contribution in [2.75, 3.05) is 0 Å². The largest absolute Gasteiger partial charge is 0.370 e. The van der Waals surface area contributed by atoms with Crippen LogP contribution in [-0.2, 0) is 11.3 Å². The first-order valence-electron chi connectivity index (χ1n) is 6.02. The molecule has 3 N–H and O–H groups in total. The van der Waals surface area contributed by atoms with Crippen LogP contribution in [0.15, 0.2) is 12.5 Å². The van der Waals surface area contributed by atoms with Crippen molar-refractivity contribution in [2.24, 2.45) is 5.73 Å². The Bertz CT molecular complexity index is 406. The van der Waals surface area contributed by atoms with Gasteiger partial charge in [0.15, 0.2) is 0 Å². The Hall–Kier alpha value is -1.36. The molecule has 94 valence electrons. The normalized spacial score (nSPS) is 16.1. The monoisotopic (exact) mass is 236 g/mol. The van der Waals surface area contributed by atoms with Gasteiger partial charge in [-0.3, -0.25) is 4.79 Å². The summed E-state index contributed by atoms with van der Waals surface area (Å²) in [7, 11) is 0. The lowest BCUT2D eigenvalue weighted by atomic mass is 10.0. The van der Waals surface area contributed by atoms with Crippen molar-refractivity contribution in [3.63, 3.8) is 0 Å². The molecule has 1 aliphatic carbocycles. The Morgan fingerprint density at radius 3 is 2.94 bits per heavy atom. The standard InChI is InChI=1S/C12H20N4O/c1-12(2,5-11(13)17)15-7-10-6-14-8-16(10)9-3-4-9/h6,8-9,15H,3-5,7H2,1-2H3,(H2,13,17). The molecule has 1 aliphatic rings. The molecule has 1 fully saturated rings. The van der Waals surface area contributed by atoms with Crippen LogP contribution in [0.25, 0.3) is 0 Å². The van der Waals surface area contributed by atoms with Gasteiger partial charge in [-0.05, 0) is 26.7 Å². The number of nitrogens with one attached hydrogen (secondary N) is 1. The lowest BCUT2D eigenvalue weighted by molar-refractivity contribution is -0.119. The second-order valence-corrected chi connectivity index (χ2v) is 5.40. The van der Waals surface area contributed by atoms with E-state index in [0.717, 1.165) is 6.54 Å². The Labute approximate surface area is 101 Å². The quantitative estimate of drug-likeness (QED) is 0.772. The Kier molecular flexibility index (Phi) is 3.19. The summed E-state index contributed by atoms with van der Waals surface area (Å²) in [6.45, 7) is 4.68. The van der Waals surface area contributed by atoms with Crippen LogP contribution in [0.1, 0.15) is 44.8 Å². The first-order valence-corrected chi connectivity index (χ1v) is 6.02. The summed E-state index contributed by atoms with van der Waals surface area (Å²) in [4.78, 5) is 15.1. The lowest BCUT2D eigenvalue weighted by Gasteiger charge is -2.25. The molecule has 1 aromatic rings. The van der Waals surface area contributed by atoms with Crippen LogP contribution in [0, 0.1) is 0 Å². The van der Waals surface area contributed by atoms with E-state index < -0.39 is 0 Å². The van der Waals surface area contributed by atoms with E-state index in [1.807, 2.05) is 26.4 Å². The fraction of sp³-hybridized carbons (Fsp3) is 0.667. The summed E-state index contributed by atoms with van der Waals surface area (Å²) < 4.78 is 2.22. The number of carbonyl (C=O) groups excluding carboxylic acids is 1. The third-order valence-corrected chi connectivity index (χ3v) is 3.05. The fourth-order valence-electron chi connectivity index (χ4n) is 1.98. The molecule has 5 nitrogen and oxygen atoms in total. The van der Waals surface area contributed by atoms with Gasteiger partial charge in [-0.2, -0.15) is 0 Å². The number of imidazole rings is 1. The van der Waals surface area contributed by atoms with Crippen LogP contribution < -0.4 is 11.1 Å². The van der Waals surface area contributed by atoms with E-state index in [1.54, 1.807) is 0 Å². The number of hydrogen-bond acceptors (Lipinski definition) is 3. The van der Waals surface area contributed by atoms with Crippen molar-refractivity contribution in [3.05, 3.63) is 18.2 Å². The van der Waals surface area contributed by atoms with Crippen molar-refractivity contribution in [1.29, 1.82) is 0 Å². The summed E-state index contributed by atoms with van der Waals surface area (Å²) in [5.41, 5.74) is 6.12. The number of carbonyl (C=O) groups is 1. The Morgan fingerprint density at radius 2 is 2.35 bits per heavy atom. The van der Waals surface area contributed by atoms with E-state index in [2.05, 4.69) is 14.9 Å². The van der Waals surface area contributed by atoms with Crippen LogP contribution in [0.2, 0.25) is 0 Å². The number of hydrogen-bond donors (Lipinski definition) is 2. The number of nitrogens with two attached hydrogens (primary N) is 1. The van der Waals surface area contributed by atoms with E-state index in [9.17, 15) is 4.79 Å². The van der Waals surface area contributed by atoms with Crippen LogP contribution >= 0.6 is 0 Å². The molecule has 0 radical (unpaired) electrons. The minimum atomic E-state index is -0.279. The number of primary amides is 1. The van der Waals surface area contributed by atoms with Gasteiger partial charge in [0.25, 0.3) is 0 Å².